The third-order valence-electron chi connectivity index (χ3n) is 2.51. The minimum Gasteiger partial charge on any atom is -0.294 e. The summed E-state index contributed by atoms with van der Waals surface area (Å²) in [4.78, 5) is 11.8. The molecule has 0 aromatic heterocycles. The summed E-state index contributed by atoms with van der Waals surface area (Å²) < 4.78 is 0. The lowest BCUT2D eigenvalue weighted by atomic mass is 10.0. The second kappa shape index (κ2) is 10.3. The van der Waals surface area contributed by atoms with Crippen molar-refractivity contribution in [3.63, 3.8) is 0 Å². The number of ketones is 1. The first-order chi connectivity index (χ1) is 8.99. The second-order valence-electron chi connectivity index (χ2n) is 4.98. The minimum atomic E-state index is 0.261. The molecule has 0 unspecified atom stereocenters. The van der Waals surface area contributed by atoms with E-state index in [9.17, 15) is 4.79 Å². The number of aryl methyl sites for hydroxylation is 1. The Morgan fingerprint density at radius 3 is 2.32 bits per heavy atom. The van der Waals surface area contributed by atoms with Gasteiger partial charge in [-0.05, 0) is 45.6 Å². The first-order valence-corrected chi connectivity index (χ1v) is 6.81. The third kappa shape index (κ3) is 9.01. The van der Waals surface area contributed by atoms with Gasteiger partial charge in [-0.25, -0.2) is 0 Å². The number of rotatable bonds is 6. The fourth-order valence-corrected chi connectivity index (χ4v) is 1.59. The first-order valence-electron chi connectivity index (χ1n) is 6.81. The normalized spacial score (nSPS) is 9.21. The van der Waals surface area contributed by atoms with Crippen molar-refractivity contribution in [3.8, 4) is 0 Å². The largest absolute Gasteiger partial charge is 0.294 e. The maximum absolute atomic E-state index is 11.8. The zero-order valence-electron chi connectivity index (χ0n) is 12.5. The molecule has 1 heteroatoms. The van der Waals surface area contributed by atoms with Crippen LogP contribution in [0.3, 0.4) is 0 Å². The van der Waals surface area contributed by atoms with E-state index in [0.29, 0.717) is 6.42 Å². The molecule has 0 N–H and O–H groups in total. The highest BCUT2D eigenvalue weighted by Gasteiger charge is 2.06. The predicted molar refractivity (Wildman–Crippen MR) is 84.7 cm³/mol. The van der Waals surface area contributed by atoms with E-state index in [1.807, 2.05) is 51.1 Å². The molecular weight excluding hydrogens is 232 g/mol. The van der Waals surface area contributed by atoms with Crippen LogP contribution in [0.15, 0.2) is 49.1 Å². The Hall–Kier alpha value is -1.63. The molecule has 0 radical (unpaired) electrons. The number of benzene rings is 1. The summed E-state index contributed by atoms with van der Waals surface area (Å²) in [5, 5.41) is 0. The van der Waals surface area contributed by atoms with Gasteiger partial charge in [0, 0.05) is 12.0 Å². The zero-order chi connectivity index (χ0) is 14.7. The van der Waals surface area contributed by atoms with Gasteiger partial charge in [0.2, 0.25) is 0 Å². The number of Topliss-reactive ketones (excluding diaryl/α,β-unsaturated/α-hetero) is 1. The SMILES string of the molecule is C=C(C)C.C=CCCCCC(=O)c1ccccc1C. The zero-order valence-corrected chi connectivity index (χ0v) is 12.5. The van der Waals surface area contributed by atoms with Crippen LogP contribution in [0.25, 0.3) is 0 Å². The molecule has 0 fully saturated rings. The molecule has 1 aromatic rings. The average molecular weight is 258 g/mol. The molecule has 19 heavy (non-hydrogen) atoms. The van der Waals surface area contributed by atoms with E-state index in [2.05, 4.69) is 13.2 Å². The van der Waals surface area contributed by atoms with Gasteiger partial charge in [-0.2, -0.15) is 0 Å². The quantitative estimate of drug-likeness (QED) is 0.374. The van der Waals surface area contributed by atoms with Gasteiger partial charge >= 0.3 is 0 Å². The minimum absolute atomic E-state index is 0.261. The summed E-state index contributed by atoms with van der Waals surface area (Å²) >= 11 is 0. The molecule has 0 aliphatic heterocycles. The molecular formula is C18H26O. The van der Waals surface area contributed by atoms with Gasteiger partial charge in [-0.15, -0.1) is 13.2 Å². The van der Waals surface area contributed by atoms with Crippen LogP contribution in [0.1, 0.15) is 55.5 Å². The average Bonchev–Trinajstić information content (AvgIpc) is 2.34. The Morgan fingerprint density at radius 2 is 1.79 bits per heavy atom. The maximum Gasteiger partial charge on any atom is 0.163 e. The molecule has 104 valence electrons. The molecule has 0 saturated heterocycles. The summed E-state index contributed by atoms with van der Waals surface area (Å²) in [6.07, 6.45) is 5.57. The van der Waals surface area contributed by atoms with Crippen molar-refractivity contribution in [3.05, 3.63) is 60.2 Å². The molecule has 0 aliphatic carbocycles. The Morgan fingerprint density at radius 1 is 1.21 bits per heavy atom. The van der Waals surface area contributed by atoms with E-state index in [1.54, 1.807) is 0 Å². The summed E-state index contributed by atoms with van der Waals surface area (Å²) in [6.45, 7) is 13.1. The van der Waals surface area contributed by atoms with Gasteiger partial charge in [0.1, 0.15) is 0 Å². The number of hydrogen-bond donors (Lipinski definition) is 0. The number of hydrogen-bond acceptors (Lipinski definition) is 1. The molecule has 0 bridgehead atoms. The number of carbonyl (C=O) groups is 1. The van der Waals surface area contributed by atoms with E-state index < -0.39 is 0 Å². The van der Waals surface area contributed by atoms with Crippen molar-refractivity contribution in [1.29, 1.82) is 0 Å². The van der Waals surface area contributed by atoms with Gasteiger partial charge in [-0.3, -0.25) is 4.79 Å². The van der Waals surface area contributed by atoms with Crippen LogP contribution < -0.4 is 0 Å². The highest BCUT2D eigenvalue weighted by Crippen LogP contribution is 2.12. The number of allylic oxidation sites excluding steroid dienone is 2. The van der Waals surface area contributed by atoms with Gasteiger partial charge in [0.25, 0.3) is 0 Å². The van der Waals surface area contributed by atoms with Crippen LogP contribution in [-0.2, 0) is 0 Å². The van der Waals surface area contributed by atoms with Crippen LogP contribution in [0, 0.1) is 6.92 Å². The Kier molecular flexibility index (Phi) is 9.42. The monoisotopic (exact) mass is 258 g/mol. The van der Waals surface area contributed by atoms with Crippen molar-refractivity contribution < 1.29 is 4.79 Å². The fourth-order valence-electron chi connectivity index (χ4n) is 1.59. The fraction of sp³-hybridized carbons (Fsp3) is 0.389. The van der Waals surface area contributed by atoms with Crippen molar-refractivity contribution >= 4 is 5.78 Å². The molecule has 0 amide bonds. The predicted octanol–water partition coefficient (Wildman–Crippen LogP) is 5.51. The van der Waals surface area contributed by atoms with Crippen molar-refractivity contribution in [2.75, 3.05) is 0 Å². The smallest absolute Gasteiger partial charge is 0.163 e. The van der Waals surface area contributed by atoms with Crippen LogP contribution in [0.5, 0.6) is 0 Å². The van der Waals surface area contributed by atoms with E-state index >= 15 is 0 Å². The molecule has 0 heterocycles. The standard InChI is InChI=1S/C14H18O.C4H8/c1-3-4-5-6-11-14(15)13-10-8-7-9-12(13)2;1-4(2)3/h3,7-10H,1,4-6,11H2,2H3;1H2,2-3H3. The summed E-state index contributed by atoms with van der Waals surface area (Å²) in [5.74, 6) is 0.261. The van der Waals surface area contributed by atoms with Crippen molar-refractivity contribution in [2.45, 2.75) is 46.5 Å². The number of carbonyl (C=O) groups excluding carboxylic acids is 1. The second-order valence-corrected chi connectivity index (χ2v) is 4.98. The molecule has 0 saturated carbocycles. The summed E-state index contributed by atoms with van der Waals surface area (Å²) in [6, 6.07) is 7.77. The van der Waals surface area contributed by atoms with Crippen LogP contribution in [-0.4, -0.2) is 5.78 Å². The molecule has 1 aromatic carbocycles. The Bertz CT molecular complexity index is 411. The molecule has 1 rings (SSSR count). The Balaban J connectivity index is 0.000000711. The van der Waals surface area contributed by atoms with Crippen LogP contribution in [0.2, 0.25) is 0 Å². The highest BCUT2D eigenvalue weighted by atomic mass is 16.1. The van der Waals surface area contributed by atoms with Gasteiger partial charge in [-0.1, -0.05) is 35.9 Å². The molecule has 1 nitrogen and oxygen atoms in total. The van der Waals surface area contributed by atoms with E-state index in [0.717, 1.165) is 30.4 Å². The summed E-state index contributed by atoms with van der Waals surface area (Å²) in [7, 11) is 0. The van der Waals surface area contributed by atoms with Crippen LogP contribution in [0.4, 0.5) is 0 Å². The highest BCUT2D eigenvalue weighted by molar-refractivity contribution is 5.97. The lowest BCUT2D eigenvalue weighted by molar-refractivity contribution is 0.0979. The summed E-state index contributed by atoms with van der Waals surface area (Å²) in [5.41, 5.74) is 3.11. The van der Waals surface area contributed by atoms with E-state index in [-0.39, 0.29) is 5.78 Å². The molecule has 0 aliphatic rings. The van der Waals surface area contributed by atoms with Gasteiger partial charge < -0.3 is 0 Å². The molecule has 0 spiro atoms. The maximum atomic E-state index is 11.8. The van der Waals surface area contributed by atoms with Gasteiger partial charge in [0.05, 0.1) is 0 Å². The molecule has 0 atom stereocenters. The lowest BCUT2D eigenvalue weighted by Crippen LogP contribution is -2.01. The number of unbranched alkanes of at least 4 members (excludes halogenated alkanes) is 2. The van der Waals surface area contributed by atoms with Gasteiger partial charge in [0.15, 0.2) is 5.78 Å². The van der Waals surface area contributed by atoms with Crippen LogP contribution >= 0.6 is 0 Å². The first kappa shape index (κ1) is 17.4. The third-order valence-corrected chi connectivity index (χ3v) is 2.51. The van der Waals surface area contributed by atoms with Crippen molar-refractivity contribution in [2.24, 2.45) is 0 Å². The van der Waals surface area contributed by atoms with E-state index in [1.165, 1.54) is 5.57 Å². The van der Waals surface area contributed by atoms with Crippen molar-refractivity contribution in [1.82, 2.24) is 0 Å². The topological polar surface area (TPSA) is 17.1 Å². The Labute approximate surface area is 118 Å². The lowest BCUT2D eigenvalue weighted by Gasteiger charge is -2.03. The van der Waals surface area contributed by atoms with E-state index in [4.69, 9.17) is 0 Å².